The van der Waals surface area contributed by atoms with Gasteiger partial charge in [-0.3, -0.25) is 9.69 Å². The van der Waals surface area contributed by atoms with Gasteiger partial charge in [-0.1, -0.05) is 13.8 Å². The number of piperazine rings is 1. The van der Waals surface area contributed by atoms with Gasteiger partial charge in [-0.15, -0.1) is 0 Å². The molecule has 0 aromatic rings. The van der Waals surface area contributed by atoms with Gasteiger partial charge in [0.1, 0.15) is 0 Å². The van der Waals surface area contributed by atoms with Crippen LogP contribution in [0.2, 0.25) is 0 Å². The van der Waals surface area contributed by atoms with Crippen molar-refractivity contribution >= 4 is 12.0 Å². The Morgan fingerprint density at radius 1 is 1.17 bits per heavy atom. The molecule has 6 nitrogen and oxygen atoms in total. The van der Waals surface area contributed by atoms with Crippen molar-refractivity contribution in [3.8, 4) is 0 Å². The molecular weight excluding hydrogens is 234 g/mol. The summed E-state index contributed by atoms with van der Waals surface area (Å²) < 4.78 is 0. The molecule has 0 saturated carbocycles. The van der Waals surface area contributed by atoms with Crippen molar-refractivity contribution in [2.24, 2.45) is 0 Å². The Balaban J connectivity index is 2.33. The number of nitrogens with zero attached hydrogens (tertiary/aromatic N) is 2. The molecule has 1 rings (SSSR count). The van der Waals surface area contributed by atoms with E-state index >= 15 is 0 Å². The van der Waals surface area contributed by atoms with Crippen molar-refractivity contribution in [1.82, 2.24) is 15.1 Å². The molecule has 2 amide bonds. The summed E-state index contributed by atoms with van der Waals surface area (Å²) >= 11 is 0. The summed E-state index contributed by atoms with van der Waals surface area (Å²) in [5.74, 6) is -0.815. The number of hydrogen-bond donors (Lipinski definition) is 2. The van der Waals surface area contributed by atoms with Crippen molar-refractivity contribution in [2.75, 3.05) is 32.7 Å². The zero-order valence-electron chi connectivity index (χ0n) is 11.2. The third kappa shape index (κ3) is 4.52. The van der Waals surface area contributed by atoms with Crippen LogP contribution in [-0.2, 0) is 4.79 Å². The quantitative estimate of drug-likeness (QED) is 0.756. The number of carbonyl (C=O) groups is 2. The van der Waals surface area contributed by atoms with E-state index in [4.69, 9.17) is 5.11 Å². The van der Waals surface area contributed by atoms with Gasteiger partial charge in [-0.05, 0) is 12.8 Å². The molecule has 0 aromatic heterocycles. The number of carboxylic acids is 1. The highest BCUT2D eigenvalue weighted by molar-refractivity contribution is 5.74. The minimum Gasteiger partial charge on any atom is -0.480 e. The first kappa shape index (κ1) is 14.8. The fourth-order valence-electron chi connectivity index (χ4n) is 2.06. The van der Waals surface area contributed by atoms with E-state index in [0.29, 0.717) is 26.2 Å². The van der Waals surface area contributed by atoms with Crippen molar-refractivity contribution in [2.45, 2.75) is 32.7 Å². The van der Waals surface area contributed by atoms with Gasteiger partial charge in [0.15, 0.2) is 0 Å². The highest BCUT2D eigenvalue weighted by Gasteiger charge is 2.23. The normalized spacial score (nSPS) is 16.9. The number of rotatable bonds is 5. The minimum absolute atomic E-state index is 0.0290. The SMILES string of the molecule is CCC(CC)NC(=O)N1CCN(CC(=O)O)CC1. The Kier molecular flexibility index (Phi) is 5.91. The van der Waals surface area contributed by atoms with Crippen LogP contribution in [0.4, 0.5) is 4.79 Å². The lowest BCUT2D eigenvalue weighted by Gasteiger charge is -2.34. The van der Waals surface area contributed by atoms with Gasteiger partial charge in [0.25, 0.3) is 0 Å². The molecule has 0 aliphatic carbocycles. The second-order valence-corrected chi connectivity index (χ2v) is 4.62. The summed E-state index contributed by atoms with van der Waals surface area (Å²) in [5.41, 5.74) is 0. The fraction of sp³-hybridized carbons (Fsp3) is 0.833. The van der Waals surface area contributed by atoms with Gasteiger partial charge in [0, 0.05) is 32.2 Å². The van der Waals surface area contributed by atoms with Crippen LogP contribution in [-0.4, -0.2) is 65.7 Å². The lowest BCUT2D eigenvalue weighted by molar-refractivity contribution is -0.138. The van der Waals surface area contributed by atoms with E-state index in [0.717, 1.165) is 12.8 Å². The van der Waals surface area contributed by atoms with Gasteiger partial charge in [0.2, 0.25) is 0 Å². The van der Waals surface area contributed by atoms with Crippen LogP contribution >= 0.6 is 0 Å². The highest BCUT2D eigenvalue weighted by atomic mass is 16.4. The first-order valence-electron chi connectivity index (χ1n) is 6.56. The summed E-state index contributed by atoms with van der Waals surface area (Å²) in [4.78, 5) is 26.1. The molecule has 2 N–H and O–H groups in total. The molecule has 0 unspecified atom stereocenters. The topological polar surface area (TPSA) is 72.9 Å². The summed E-state index contributed by atoms with van der Waals surface area (Å²) in [6.07, 6.45) is 1.86. The standard InChI is InChI=1S/C12H23N3O3/c1-3-10(4-2)13-12(18)15-7-5-14(6-8-15)9-11(16)17/h10H,3-9H2,1-2H3,(H,13,18)(H,16,17). The molecule has 1 heterocycles. The Bertz CT molecular complexity index is 284. The number of aliphatic carboxylic acids is 1. The third-order valence-corrected chi connectivity index (χ3v) is 3.33. The maximum absolute atomic E-state index is 11.9. The predicted molar refractivity (Wildman–Crippen MR) is 68.6 cm³/mol. The van der Waals surface area contributed by atoms with E-state index in [1.54, 1.807) is 4.90 Å². The monoisotopic (exact) mass is 257 g/mol. The maximum atomic E-state index is 11.9. The number of carboxylic acid groups (broad SMARTS) is 1. The molecule has 1 saturated heterocycles. The second-order valence-electron chi connectivity index (χ2n) is 4.62. The fourth-order valence-corrected chi connectivity index (χ4v) is 2.06. The molecule has 18 heavy (non-hydrogen) atoms. The van der Waals surface area contributed by atoms with Gasteiger partial charge >= 0.3 is 12.0 Å². The molecule has 1 aliphatic heterocycles. The Morgan fingerprint density at radius 3 is 2.17 bits per heavy atom. The molecule has 1 fully saturated rings. The molecule has 0 spiro atoms. The molecule has 0 atom stereocenters. The van der Waals surface area contributed by atoms with E-state index in [9.17, 15) is 9.59 Å². The van der Waals surface area contributed by atoms with E-state index in [1.165, 1.54) is 0 Å². The number of nitrogens with one attached hydrogen (secondary N) is 1. The average Bonchev–Trinajstić information content (AvgIpc) is 2.35. The van der Waals surface area contributed by atoms with Crippen LogP contribution in [0, 0.1) is 0 Å². The maximum Gasteiger partial charge on any atom is 0.317 e. The van der Waals surface area contributed by atoms with Gasteiger partial charge in [-0.2, -0.15) is 0 Å². The number of urea groups is 1. The van der Waals surface area contributed by atoms with Crippen molar-refractivity contribution in [3.05, 3.63) is 0 Å². The van der Waals surface area contributed by atoms with E-state index in [2.05, 4.69) is 19.2 Å². The van der Waals surface area contributed by atoms with Crippen molar-refractivity contribution in [3.63, 3.8) is 0 Å². The lowest BCUT2D eigenvalue weighted by Crippen LogP contribution is -2.54. The van der Waals surface area contributed by atoms with E-state index < -0.39 is 5.97 Å². The number of hydrogen-bond acceptors (Lipinski definition) is 3. The molecular formula is C12H23N3O3. The van der Waals surface area contributed by atoms with Crippen LogP contribution < -0.4 is 5.32 Å². The van der Waals surface area contributed by atoms with Gasteiger partial charge in [-0.25, -0.2) is 4.79 Å². The third-order valence-electron chi connectivity index (χ3n) is 3.33. The average molecular weight is 257 g/mol. The van der Waals surface area contributed by atoms with Crippen LogP contribution in [0.15, 0.2) is 0 Å². The Morgan fingerprint density at radius 2 is 1.72 bits per heavy atom. The molecule has 1 aliphatic rings. The molecule has 0 bridgehead atoms. The van der Waals surface area contributed by atoms with Crippen molar-refractivity contribution < 1.29 is 14.7 Å². The molecule has 6 heteroatoms. The smallest absolute Gasteiger partial charge is 0.317 e. The molecule has 104 valence electrons. The number of carbonyl (C=O) groups excluding carboxylic acids is 1. The summed E-state index contributed by atoms with van der Waals surface area (Å²) in [5, 5.41) is 11.7. The second kappa shape index (κ2) is 7.20. The van der Waals surface area contributed by atoms with E-state index in [1.807, 2.05) is 4.90 Å². The summed E-state index contributed by atoms with van der Waals surface area (Å²) in [7, 11) is 0. The Hall–Kier alpha value is -1.30. The molecule has 0 aromatic carbocycles. The largest absolute Gasteiger partial charge is 0.480 e. The zero-order valence-corrected chi connectivity index (χ0v) is 11.2. The summed E-state index contributed by atoms with van der Waals surface area (Å²) in [6.45, 7) is 6.62. The van der Waals surface area contributed by atoms with Crippen LogP contribution in [0.1, 0.15) is 26.7 Å². The zero-order chi connectivity index (χ0) is 13.5. The highest BCUT2D eigenvalue weighted by Crippen LogP contribution is 2.04. The van der Waals surface area contributed by atoms with E-state index in [-0.39, 0.29) is 18.6 Å². The minimum atomic E-state index is -0.815. The summed E-state index contributed by atoms with van der Waals surface area (Å²) in [6, 6.07) is 0.202. The molecule has 0 radical (unpaired) electrons. The van der Waals surface area contributed by atoms with Gasteiger partial charge < -0.3 is 15.3 Å². The predicted octanol–water partition coefficient (Wildman–Crippen LogP) is 0.587. The number of amides is 2. The van der Waals surface area contributed by atoms with Gasteiger partial charge in [0.05, 0.1) is 6.54 Å². The lowest BCUT2D eigenvalue weighted by atomic mass is 10.2. The van der Waals surface area contributed by atoms with Crippen molar-refractivity contribution in [1.29, 1.82) is 0 Å². The van der Waals surface area contributed by atoms with Crippen LogP contribution in [0.3, 0.4) is 0 Å². The first-order valence-corrected chi connectivity index (χ1v) is 6.56. The van der Waals surface area contributed by atoms with Crippen LogP contribution in [0.25, 0.3) is 0 Å². The van der Waals surface area contributed by atoms with Crippen LogP contribution in [0.5, 0.6) is 0 Å². The first-order chi connectivity index (χ1) is 8.56. The Labute approximate surface area is 108 Å².